The Bertz CT molecular complexity index is 681. The Labute approximate surface area is 124 Å². The zero-order chi connectivity index (χ0) is 15.8. The largest absolute Gasteiger partial charge is 0.477 e. The van der Waals surface area contributed by atoms with Crippen LogP contribution in [0.5, 0.6) is 11.6 Å². The highest BCUT2D eigenvalue weighted by Gasteiger charge is 2.24. The average molecular weight is 288 g/mol. The van der Waals surface area contributed by atoms with Crippen LogP contribution in [0.2, 0.25) is 0 Å². The van der Waals surface area contributed by atoms with E-state index in [9.17, 15) is 9.90 Å². The first-order chi connectivity index (χ1) is 9.71. The highest BCUT2D eigenvalue weighted by molar-refractivity contribution is 5.91. The molecule has 21 heavy (non-hydrogen) atoms. The van der Waals surface area contributed by atoms with Gasteiger partial charge in [0.25, 0.3) is 0 Å². The molecule has 0 amide bonds. The Kier molecular flexibility index (Phi) is 3.77. The molecule has 2 rings (SSSR count). The first kappa shape index (κ1) is 15.1. The van der Waals surface area contributed by atoms with E-state index in [1.54, 1.807) is 14.0 Å². The van der Waals surface area contributed by atoms with Gasteiger partial charge in [0.1, 0.15) is 11.3 Å². The van der Waals surface area contributed by atoms with Crippen molar-refractivity contribution in [2.75, 3.05) is 0 Å². The van der Waals surface area contributed by atoms with E-state index < -0.39 is 5.97 Å². The van der Waals surface area contributed by atoms with E-state index in [-0.39, 0.29) is 16.9 Å². The summed E-state index contributed by atoms with van der Waals surface area (Å²) in [4.78, 5) is 11.4. The quantitative estimate of drug-likeness (QED) is 0.938. The van der Waals surface area contributed by atoms with Gasteiger partial charge in [-0.25, -0.2) is 9.48 Å². The van der Waals surface area contributed by atoms with Gasteiger partial charge in [0.05, 0.1) is 5.69 Å². The number of para-hydroxylation sites is 1. The van der Waals surface area contributed by atoms with E-state index in [1.165, 1.54) is 4.68 Å². The molecule has 1 aromatic carbocycles. The van der Waals surface area contributed by atoms with Crippen LogP contribution in [0.15, 0.2) is 24.3 Å². The van der Waals surface area contributed by atoms with Gasteiger partial charge < -0.3 is 9.84 Å². The molecule has 0 atom stereocenters. The number of carbonyl (C=O) groups is 1. The van der Waals surface area contributed by atoms with E-state index >= 15 is 0 Å². The number of aromatic carboxylic acids is 1. The topological polar surface area (TPSA) is 64.4 Å². The Balaban J connectivity index is 2.52. The SMILES string of the molecule is Cc1nn(C)c(Oc2ccccc2C(C)(C)C)c1C(=O)O. The standard InChI is InChI=1S/C16H20N2O3/c1-10-13(15(19)20)14(18(5)17-10)21-12-9-7-6-8-11(12)16(2,3)4/h6-9H,1-5H3,(H,19,20). The summed E-state index contributed by atoms with van der Waals surface area (Å²) in [7, 11) is 1.68. The lowest BCUT2D eigenvalue weighted by Crippen LogP contribution is -2.13. The molecular formula is C16H20N2O3. The van der Waals surface area contributed by atoms with Gasteiger partial charge in [-0.15, -0.1) is 0 Å². The van der Waals surface area contributed by atoms with Crippen LogP contribution in [0, 0.1) is 6.92 Å². The van der Waals surface area contributed by atoms with E-state index in [0.717, 1.165) is 5.56 Å². The summed E-state index contributed by atoms with van der Waals surface area (Å²) >= 11 is 0. The fourth-order valence-corrected chi connectivity index (χ4v) is 2.28. The van der Waals surface area contributed by atoms with Crippen molar-refractivity contribution in [2.45, 2.75) is 33.1 Å². The summed E-state index contributed by atoms with van der Waals surface area (Å²) in [5, 5.41) is 13.5. The summed E-state index contributed by atoms with van der Waals surface area (Å²) in [6, 6.07) is 7.64. The van der Waals surface area contributed by atoms with Crippen molar-refractivity contribution >= 4 is 5.97 Å². The van der Waals surface area contributed by atoms with E-state index in [0.29, 0.717) is 11.4 Å². The smallest absolute Gasteiger partial charge is 0.343 e. The number of hydrogen-bond donors (Lipinski definition) is 1. The average Bonchev–Trinajstić information content (AvgIpc) is 2.63. The molecule has 0 aliphatic rings. The fourth-order valence-electron chi connectivity index (χ4n) is 2.28. The molecule has 0 fully saturated rings. The normalized spacial score (nSPS) is 11.5. The molecule has 5 nitrogen and oxygen atoms in total. The van der Waals surface area contributed by atoms with Gasteiger partial charge >= 0.3 is 5.97 Å². The first-order valence-corrected chi connectivity index (χ1v) is 6.76. The third-order valence-electron chi connectivity index (χ3n) is 3.29. The van der Waals surface area contributed by atoms with Crippen LogP contribution < -0.4 is 4.74 Å². The molecule has 2 aromatic rings. The molecule has 0 spiro atoms. The van der Waals surface area contributed by atoms with Crippen LogP contribution in [0.4, 0.5) is 0 Å². The number of benzene rings is 1. The Hall–Kier alpha value is -2.30. The van der Waals surface area contributed by atoms with Gasteiger partial charge in [0, 0.05) is 12.6 Å². The summed E-state index contributed by atoms with van der Waals surface area (Å²) in [5.41, 5.74) is 1.45. The van der Waals surface area contributed by atoms with Crippen molar-refractivity contribution in [1.82, 2.24) is 9.78 Å². The van der Waals surface area contributed by atoms with Crippen LogP contribution in [0.3, 0.4) is 0 Å². The van der Waals surface area contributed by atoms with Crippen LogP contribution in [-0.4, -0.2) is 20.9 Å². The zero-order valence-electron chi connectivity index (χ0n) is 13.0. The summed E-state index contributed by atoms with van der Waals surface area (Å²) in [6.07, 6.45) is 0. The first-order valence-electron chi connectivity index (χ1n) is 6.76. The maximum absolute atomic E-state index is 11.4. The maximum atomic E-state index is 11.4. The highest BCUT2D eigenvalue weighted by atomic mass is 16.5. The molecule has 0 radical (unpaired) electrons. The molecule has 5 heteroatoms. The lowest BCUT2D eigenvalue weighted by atomic mass is 9.86. The number of nitrogens with zero attached hydrogens (tertiary/aromatic N) is 2. The predicted molar refractivity (Wildman–Crippen MR) is 80.1 cm³/mol. The Morgan fingerprint density at radius 1 is 1.29 bits per heavy atom. The monoisotopic (exact) mass is 288 g/mol. The second kappa shape index (κ2) is 5.24. The molecule has 0 bridgehead atoms. The Morgan fingerprint density at radius 2 is 1.90 bits per heavy atom. The van der Waals surface area contributed by atoms with E-state index in [4.69, 9.17) is 4.74 Å². The van der Waals surface area contributed by atoms with Crippen molar-refractivity contribution in [1.29, 1.82) is 0 Å². The van der Waals surface area contributed by atoms with Crippen molar-refractivity contribution in [3.63, 3.8) is 0 Å². The Morgan fingerprint density at radius 3 is 2.48 bits per heavy atom. The lowest BCUT2D eigenvalue weighted by Gasteiger charge is -2.22. The second-order valence-electron chi connectivity index (χ2n) is 6.04. The number of ether oxygens (including phenoxy) is 1. The number of hydrogen-bond acceptors (Lipinski definition) is 3. The minimum absolute atomic E-state index is 0.0983. The fraction of sp³-hybridized carbons (Fsp3) is 0.375. The van der Waals surface area contributed by atoms with Gasteiger partial charge in [-0.2, -0.15) is 5.10 Å². The lowest BCUT2D eigenvalue weighted by molar-refractivity contribution is 0.0693. The molecule has 0 unspecified atom stereocenters. The summed E-state index contributed by atoms with van der Waals surface area (Å²) < 4.78 is 7.36. The molecule has 1 aromatic heterocycles. The van der Waals surface area contributed by atoms with Crippen LogP contribution in [-0.2, 0) is 12.5 Å². The van der Waals surface area contributed by atoms with Gasteiger partial charge in [-0.3, -0.25) is 0 Å². The van der Waals surface area contributed by atoms with E-state index in [1.807, 2.05) is 24.3 Å². The molecular weight excluding hydrogens is 268 g/mol. The molecule has 0 aliphatic carbocycles. The maximum Gasteiger partial charge on any atom is 0.343 e. The minimum atomic E-state index is -1.04. The van der Waals surface area contributed by atoms with Crippen LogP contribution in [0.1, 0.15) is 42.4 Å². The van der Waals surface area contributed by atoms with Gasteiger partial charge in [0.15, 0.2) is 0 Å². The van der Waals surface area contributed by atoms with E-state index in [2.05, 4.69) is 25.9 Å². The van der Waals surface area contributed by atoms with Crippen molar-refractivity contribution in [2.24, 2.45) is 7.05 Å². The molecule has 0 aliphatic heterocycles. The van der Waals surface area contributed by atoms with Crippen LogP contribution >= 0.6 is 0 Å². The molecule has 0 saturated carbocycles. The van der Waals surface area contributed by atoms with Crippen LogP contribution in [0.25, 0.3) is 0 Å². The van der Waals surface area contributed by atoms with Crippen molar-refractivity contribution in [3.8, 4) is 11.6 Å². The molecule has 0 saturated heterocycles. The number of carboxylic acids is 1. The minimum Gasteiger partial charge on any atom is -0.477 e. The van der Waals surface area contributed by atoms with Gasteiger partial charge in [0.2, 0.25) is 5.88 Å². The predicted octanol–water partition coefficient (Wildman–Crippen LogP) is 3.52. The van der Waals surface area contributed by atoms with Crippen molar-refractivity contribution < 1.29 is 14.6 Å². The third-order valence-corrected chi connectivity index (χ3v) is 3.29. The zero-order valence-corrected chi connectivity index (χ0v) is 13.0. The summed E-state index contributed by atoms with van der Waals surface area (Å²) in [5.74, 6) is -0.143. The number of aromatic nitrogens is 2. The molecule has 1 heterocycles. The number of aryl methyl sites for hydroxylation is 2. The van der Waals surface area contributed by atoms with Gasteiger partial charge in [-0.05, 0) is 18.4 Å². The highest BCUT2D eigenvalue weighted by Crippen LogP contribution is 2.35. The molecule has 112 valence electrons. The number of carboxylic acid groups (broad SMARTS) is 1. The van der Waals surface area contributed by atoms with Gasteiger partial charge in [-0.1, -0.05) is 39.0 Å². The summed E-state index contributed by atoms with van der Waals surface area (Å²) in [6.45, 7) is 7.91. The second-order valence-corrected chi connectivity index (χ2v) is 6.04. The number of rotatable bonds is 3. The molecule has 1 N–H and O–H groups in total. The van der Waals surface area contributed by atoms with Crippen molar-refractivity contribution in [3.05, 3.63) is 41.1 Å². The third kappa shape index (κ3) is 2.91.